The van der Waals surface area contributed by atoms with E-state index in [4.69, 9.17) is 0 Å². The Morgan fingerprint density at radius 3 is 2.84 bits per heavy atom. The van der Waals surface area contributed by atoms with Crippen LogP contribution < -0.4 is 0 Å². The van der Waals surface area contributed by atoms with Crippen molar-refractivity contribution in [3.63, 3.8) is 0 Å². The lowest BCUT2D eigenvalue weighted by Crippen LogP contribution is -2.35. The Bertz CT molecular complexity index is 615. The fourth-order valence-corrected chi connectivity index (χ4v) is 2.61. The molecule has 2 aromatic rings. The van der Waals surface area contributed by atoms with Crippen LogP contribution >= 0.6 is 0 Å². The van der Waals surface area contributed by atoms with Gasteiger partial charge in [0.1, 0.15) is 0 Å². The summed E-state index contributed by atoms with van der Waals surface area (Å²) in [6.07, 6.45) is 6.22. The molecule has 1 aliphatic rings. The Kier molecular flexibility index (Phi) is 2.93. The minimum atomic E-state index is -0.114. The number of hydrogen-bond acceptors (Lipinski definition) is 4. The number of aryl methyl sites for hydroxylation is 1. The Morgan fingerprint density at radius 2 is 2.16 bits per heavy atom. The number of nitrogens with zero attached hydrogens (tertiary/aromatic N) is 5. The Hall–Kier alpha value is -1.98. The van der Waals surface area contributed by atoms with Gasteiger partial charge in [-0.05, 0) is 25.8 Å². The molecule has 2 heterocycles. The zero-order valence-electron chi connectivity index (χ0n) is 11.2. The van der Waals surface area contributed by atoms with Crippen molar-refractivity contribution in [3.8, 4) is 0 Å². The molecular formula is C13H17N5O. The van der Waals surface area contributed by atoms with Crippen LogP contribution in [0.5, 0.6) is 0 Å². The molecule has 6 heteroatoms. The summed E-state index contributed by atoms with van der Waals surface area (Å²) in [4.78, 5) is 22.5. The zero-order chi connectivity index (χ0) is 13.4. The Labute approximate surface area is 111 Å². The van der Waals surface area contributed by atoms with Crippen LogP contribution in [0.15, 0.2) is 12.3 Å². The molecule has 1 amide bonds. The highest BCUT2D eigenvalue weighted by Gasteiger charge is 2.26. The van der Waals surface area contributed by atoms with Gasteiger partial charge in [0.2, 0.25) is 5.82 Å². The van der Waals surface area contributed by atoms with Gasteiger partial charge >= 0.3 is 0 Å². The van der Waals surface area contributed by atoms with Crippen LogP contribution in [0.2, 0.25) is 0 Å². The molecule has 0 spiro atoms. The topological polar surface area (TPSA) is 63.4 Å². The number of aromatic nitrogens is 4. The first-order chi connectivity index (χ1) is 9.16. The van der Waals surface area contributed by atoms with E-state index < -0.39 is 0 Å². The third-order valence-electron chi connectivity index (χ3n) is 3.81. The molecule has 0 saturated heterocycles. The summed E-state index contributed by atoms with van der Waals surface area (Å²) in [5.74, 6) is 0.594. The molecule has 0 radical (unpaired) electrons. The summed E-state index contributed by atoms with van der Waals surface area (Å²) >= 11 is 0. The summed E-state index contributed by atoms with van der Waals surface area (Å²) < 4.78 is 1.61. The minimum absolute atomic E-state index is 0.114. The monoisotopic (exact) mass is 259 g/mol. The summed E-state index contributed by atoms with van der Waals surface area (Å²) in [6, 6.07) is 2.17. The van der Waals surface area contributed by atoms with Crippen LogP contribution in [-0.4, -0.2) is 43.5 Å². The van der Waals surface area contributed by atoms with E-state index in [-0.39, 0.29) is 11.7 Å². The molecule has 6 nitrogen and oxygen atoms in total. The minimum Gasteiger partial charge on any atom is -0.336 e. The van der Waals surface area contributed by atoms with Crippen LogP contribution in [0.25, 0.3) is 5.78 Å². The standard InChI is InChI=1S/C13H17N5O/c1-9-7-8-14-13-15-11(16-18(9)13)12(19)17(2)10-5-3-4-6-10/h7-8,10H,3-6H2,1-2H3. The van der Waals surface area contributed by atoms with E-state index >= 15 is 0 Å². The predicted molar refractivity (Wildman–Crippen MR) is 69.9 cm³/mol. The maximum Gasteiger partial charge on any atom is 0.293 e. The average Bonchev–Trinajstić information content (AvgIpc) is 3.06. The van der Waals surface area contributed by atoms with Crippen molar-refractivity contribution in [2.75, 3.05) is 7.05 Å². The van der Waals surface area contributed by atoms with Gasteiger partial charge in [-0.3, -0.25) is 4.79 Å². The van der Waals surface area contributed by atoms with Gasteiger partial charge in [-0.25, -0.2) is 9.50 Å². The number of hydrogen-bond donors (Lipinski definition) is 0. The zero-order valence-corrected chi connectivity index (χ0v) is 11.2. The first-order valence-electron chi connectivity index (χ1n) is 6.62. The van der Waals surface area contributed by atoms with E-state index in [0.717, 1.165) is 18.5 Å². The second kappa shape index (κ2) is 4.60. The van der Waals surface area contributed by atoms with Gasteiger partial charge in [0.25, 0.3) is 11.7 Å². The lowest BCUT2D eigenvalue weighted by Gasteiger charge is -2.22. The molecule has 1 fully saturated rings. The molecule has 1 saturated carbocycles. The van der Waals surface area contributed by atoms with Crippen LogP contribution in [-0.2, 0) is 0 Å². The molecule has 0 aliphatic heterocycles. The van der Waals surface area contributed by atoms with Gasteiger partial charge in [-0.2, -0.15) is 4.98 Å². The number of rotatable bonds is 2. The third-order valence-corrected chi connectivity index (χ3v) is 3.81. The molecule has 0 unspecified atom stereocenters. The Morgan fingerprint density at radius 1 is 1.42 bits per heavy atom. The van der Waals surface area contributed by atoms with Gasteiger partial charge in [-0.1, -0.05) is 12.8 Å². The average molecular weight is 259 g/mol. The van der Waals surface area contributed by atoms with Crippen LogP contribution in [0.4, 0.5) is 0 Å². The van der Waals surface area contributed by atoms with Crippen molar-refractivity contribution < 1.29 is 4.79 Å². The fraction of sp³-hybridized carbons (Fsp3) is 0.538. The van der Waals surface area contributed by atoms with Crippen molar-refractivity contribution in [2.45, 2.75) is 38.6 Å². The van der Waals surface area contributed by atoms with Gasteiger partial charge < -0.3 is 4.90 Å². The summed E-state index contributed by atoms with van der Waals surface area (Å²) in [5.41, 5.74) is 0.917. The first-order valence-corrected chi connectivity index (χ1v) is 6.62. The quantitative estimate of drug-likeness (QED) is 0.818. The molecular weight excluding hydrogens is 242 g/mol. The van der Waals surface area contributed by atoms with Gasteiger partial charge in [0.05, 0.1) is 0 Å². The smallest absolute Gasteiger partial charge is 0.293 e. The summed E-state index contributed by atoms with van der Waals surface area (Å²) in [7, 11) is 1.84. The lowest BCUT2D eigenvalue weighted by molar-refractivity contribution is 0.0723. The van der Waals surface area contributed by atoms with E-state index in [1.54, 1.807) is 15.6 Å². The predicted octanol–water partition coefficient (Wildman–Crippen LogP) is 1.45. The van der Waals surface area contributed by atoms with Crippen molar-refractivity contribution in [3.05, 3.63) is 23.8 Å². The van der Waals surface area contributed by atoms with E-state index in [9.17, 15) is 4.79 Å². The highest BCUT2D eigenvalue weighted by Crippen LogP contribution is 2.23. The van der Waals surface area contributed by atoms with Crippen LogP contribution in [0.3, 0.4) is 0 Å². The number of amides is 1. The lowest BCUT2D eigenvalue weighted by atomic mass is 10.2. The van der Waals surface area contributed by atoms with E-state index in [1.807, 2.05) is 20.0 Å². The van der Waals surface area contributed by atoms with Crippen molar-refractivity contribution in [1.82, 2.24) is 24.5 Å². The molecule has 100 valence electrons. The second-order valence-electron chi connectivity index (χ2n) is 5.09. The van der Waals surface area contributed by atoms with Crippen molar-refractivity contribution in [1.29, 1.82) is 0 Å². The normalized spacial score (nSPS) is 16.1. The Balaban J connectivity index is 1.90. The second-order valence-corrected chi connectivity index (χ2v) is 5.09. The van der Waals surface area contributed by atoms with E-state index in [0.29, 0.717) is 11.8 Å². The van der Waals surface area contributed by atoms with Gasteiger partial charge in [0, 0.05) is 25.0 Å². The molecule has 1 aliphatic carbocycles. The van der Waals surface area contributed by atoms with Crippen molar-refractivity contribution in [2.24, 2.45) is 0 Å². The highest BCUT2D eigenvalue weighted by molar-refractivity contribution is 5.90. The van der Waals surface area contributed by atoms with Crippen molar-refractivity contribution >= 4 is 11.7 Å². The maximum absolute atomic E-state index is 12.4. The SMILES string of the molecule is Cc1ccnc2nc(C(=O)N(C)C3CCCC3)nn12. The van der Waals surface area contributed by atoms with Gasteiger partial charge in [0.15, 0.2) is 0 Å². The fourth-order valence-electron chi connectivity index (χ4n) is 2.61. The number of carbonyl (C=O) groups excluding carboxylic acids is 1. The van der Waals surface area contributed by atoms with Crippen LogP contribution in [0, 0.1) is 6.92 Å². The molecule has 2 aromatic heterocycles. The molecule has 3 rings (SSSR count). The maximum atomic E-state index is 12.4. The molecule has 0 atom stereocenters. The number of fused-ring (bicyclic) bond motifs is 1. The first kappa shape index (κ1) is 12.1. The molecule has 0 N–H and O–H groups in total. The molecule has 0 bridgehead atoms. The summed E-state index contributed by atoms with van der Waals surface area (Å²) in [5, 5.41) is 4.26. The number of carbonyl (C=O) groups is 1. The third kappa shape index (κ3) is 2.07. The molecule has 0 aromatic carbocycles. The summed E-state index contributed by atoms with van der Waals surface area (Å²) in [6.45, 7) is 1.91. The van der Waals surface area contributed by atoms with Crippen LogP contribution in [0.1, 0.15) is 42.0 Å². The molecule has 19 heavy (non-hydrogen) atoms. The van der Waals surface area contributed by atoms with Gasteiger partial charge in [-0.15, -0.1) is 5.10 Å². The van der Waals surface area contributed by atoms with E-state index in [1.165, 1.54) is 12.8 Å². The largest absolute Gasteiger partial charge is 0.336 e. The highest BCUT2D eigenvalue weighted by atomic mass is 16.2. The van der Waals surface area contributed by atoms with E-state index in [2.05, 4.69) is 15.1 Å².